The number of anilines is 1. The van der Waals surface area contributed by atoms with Crippen LogP contribution >= 0.6 is 0 Å². The monoisotopic (exact) mass is 608 g/mol. The minimum atomic E-state index is -0.729. The molecule has 0 aliphatic carbocycles. The molecule has 3 aromatic heterocycles. The van der Waals surface area contributed by atoms with Crippen LogP contribution in [0.15, 0.2) is 73.0 Å². The van der Waals surface area contributed by atoms with Crippen LogP contribution in [0.4, 0.5) is 5.82 Å². The zero-order valence-corrected chi connectivity index (χ0v) is 27.2. The fraction of sp³-hybridized carbons (Fsp3) is 0.389. The van der Waals surface area contributed by atoms with E-state index in [9.17, 15) is 15.0 Å². The van der Waals surface area contributed by atoms with Gasteiger partial charge in [-0.3, -0.25) is 9.48 Å². The Labute approximate surface area is 265 Å². The second kappa shape index (κ2) is 12.9. The number of allylic oxidation sites excluding steroid dienone is 3. The summed E-state index contributed by atoms with van der Waals surface area (Å²) in [4.78, 5) is 18.8. The number of aromatic nitrogens is 5. The molecule has 236 valence electrons. The molecule has 0 saturated carbocycles. The molecule has 1 aromatic carbocycles. The van der Waals surface area contributed by atoms with E-state index < -0.39 is 17.5 Å². The molecular formula is C36H44N6O3. The molecule has 1 atom stereocenters. The molecule has 0 bridgehead atoms. The van der Waals surface area contributed by atoms with Crippen molar-refractivity contribution in [2.45, 2.75) is 73.0 Å². The molecule has 0 amide bonds. The molecule has 1 unspecified atom stereocenters. The van der Waals surface area contributed by atoms with Gasteiger partial charge < -0.3 is 15.1 Å². The van der Waals surface area contributed by atoms with E-state index >= 15 is 0 Å². The number of aryl methyl sites for hydroxylation is 1. The molecule has 1 saturated heterocycles. The second-order valence-corrected chi connectivity index (χ2v) is 12.5. The standard InChI is InChI=1S/C36H44N6O3/c1-8-11-26(12-9-2)31(43)22-41-21-28-27(13-10-14-29(28)38-41)34-33(23(3)4)25(6)42(39-34)30-15-16-32(37-24(30)5)40-19-17-36(7,18-20-40)35(44)45/h8-16,21,23,31,43H,1,17-20,22H2,2-7H3,(H,44,45)/b12-9-,26-11+. The normalized spacial score (nSPS) is 16.2. The molecule has 1 fully saturated rings. The van der Waals surface area contributed by atoms with Crippen LogP contribution in [0.5, 0.6) is 0 Å². The van der Waals surface area contributed by atoms with Gasteiger partial charge in [0.2, 0.25) is 0 Å². The van der Waals surface area contributed by atoms with Crippen molar-refractivity contribution in [3.63, 3.8) is 0 Å². The number of hydrogen-bond acceptors (Lipinski definition) is 6. The van der Waals surface area contributed by atoms with Gasteiger partial charge in [0.05, 0.1) is 40.7 Å². The molecule has 9 heteroatoms. The molecule has 1 aliphatic rings. The Bertz CT molecular complexity index is 1790. The quantitative estimate of drug-likeness (QED) is 0.191. The van der Waals surface area contributed by atoms with Crippen LogP contribution < -0.4 is 4.90 Å². The van der Waals surface area contributed by atoms with Crippen molar-refractivity contribution in [1.82, 2.24) is 24.5 Å². The maximum absolute atomic E-state index is 11.7. The van der Waals surface area contributed by atoms with Gasteiger partial charge in [-0.25, -0.2) is 9.67 Å². The number of carboxylic acid groups (broad SMARTS) is 1. The van der Waals surface area contributed by atoms with Crippen LogP contribution in [0.1, 0.15) is 63.4 Å². The fourth-order valence-electron chi connectivity index (χ4n) is 6.30. The van der Waals surface area contributed by atoms with Crippen molar-refractivity contribution < 1.29 is 15.0 Å². The summed E-state index contributed by atoms with van der Waals surface area (Å²) < 4.78 is 3.79. The van der Waals surface area contributed by atoms with Crippen LogP contribution in [0.3, 0.4) is 0 Å². The van der Waals surface area contributed by atoms with Crippen molar-refractivity contribution in [3.05, 3.63) is 89.9 Å². The van der Waals surface area contributed by atoms with Gasteiger partial charge in [0.25, 0.3) is 0 Å². The molecule has 4 heterocycles. The van der Waals surface area contributed by atoms with Crippen LogP contribution in [-0.4, -0.2) is 59.9 Å². The summed E-state index contributed by atoms with van der Waals surface area (Å²) in [5.74, 6) is 0.350. The zero-order valence-electron chi connectivity index (χ0n) is 27.2. The summed E-state index contributed by atoms with van der Waals surface area (Å²) in [5, 5.41) is 31.5. The van der Waals surface area contributed by atoms with Crippen LogP contribution in [0, 0.1) is 19.3 Å². The summed E-state index contributed by atoms with van der Waals surface area (Å²) in [5.41, 5.74) is 6.81. The maximum atomic E-state index is 11.7. The van der Waals surface area contributed by atoms with Crippen molar-refractivity contribution in [3.8, 4) is 16.9 Å². The highest BCUT2D eigenvalue weighted by Gasteiger charge is 2.37. The Morgan fingerprint density at radius 2 is 1.87 bits per heavy atom. The van der Waals surface area contributed by atoms with Gasteiger partial charge in [-0.1, -0.05) is 56.9 Å². The average molecular weight is 609 g/mol. The lowest BCUT2D eigenvalue weighted by Gasteiger charge is -2.37. The molecule has 45 heavy (non-hydrogen) atoms. The fourth-order valence-corrected chi connectivity index (χ4v) is 6.30. The molecule has 1 aliphatic heterocycles. The largest absolute Gasteiger partial charge is 0.481 e. The lowest BCUT2D eigenvalue weighted by atomic mass is 9.80. The number of carbonyl (C=O) groups is 1. The topological polar surface area (TPSA) is 109 Å². The van der Waals surface area contributed by atoms with E-state index in [4.69, 9.17) is 15.2 Å². The van der Waals surface area contributed by atoms with Gasteiger partial charge in [0, 0.05) is 41.5 Å². The van der Waals surface area contributed by atoms with E-state index in [1.807, 2.05) is 68.1 Å². The summed E-state index contributed by atoms with van der Waals surface area (Å²) >= 11 is 0. The summed E-state index contributed by atoms with van der Waals surface area (Å²) in [7, 11) is 0. The van der Waals surface area contributed by atoms with Gasteiger partial charge in [-0.2, -0.15) is 10.2 Å². The van der Waals surface area contributed by atoms with E-state index in [1.165, 1.54) is 0 Å². The van der Waals surface area contributed by atoms with E-state index in [1.54, 1.807) is 10.8 Å². The number of carboxylic acids is 1. The van der Waals surface area contributed by atoms with Gasteiger partial charge >= 0.3 is 5.97 Å². The Morgan fingerprint density at radius 1 is 1.13 bits per heavy atom. The number of piperidine rings is 1. The molecule has 2 N–H and O–H groups in total. The SMILES string of the molecule is C=C/C=C(\C=C/C)C(O)Cn1cc2c(-c3nn(-c4ccc(N5CCC(C)(C(=O)O)CC5)nc4C)c(C)c3C(C)C)cccc2n1. The van der Waals surface area contributed by atoms with Gasteiger partial charge in [0.15, 0.2) is 0 Å². The molecular weight excluding hydrogens is 564 g/mol. The minimum absolute atomic E-state index is 0.220. The van der Waals surface area contributed by atoms with Crippen molar-refractivity contribution in [2.24, 2.45) is 5.41 Å². The van der Waals surface area contributed by atoms with Crippen molar-refractivity contribution >= 4 is 22.7 Å². The number of benzene rings is 1. The third-order valence-corrected chi connectivity index (χ3v) is 8.99. The van der Waals surface area contributed by atoms with Gasteiger partial charge in [-0.15, -0.1) is 0 Å². The lowest BCUT2D eigenvalue weighted by Crippen LogP contribution is -2.43. The van der Waals surface area contributed by atoms with Crippen LogP contribution in [0.25, 0.3) is 27.8 Å². The number of pyridine rings is 1. The lowest BCUT2D eigenvalue weighted by molar-refractivity contribution is -0.149. The third-order valence-electron chi connectivity index (χ3n) is 8.99. The average Bonchev–Trinajstić information content (AvgIpc) is 3.57. The first-order valence-electron chi connectivity index (χ1n) is 15.6. The number of aliphatic carboxylic acids is 1. The second-order valence-electron chi connectivity index (χ2n) is 12.5. The molecule has 5 rings (SSSR count). The van der Waals surface area contributed by atoms with Crippen molar-refractivity contribution in [2.75, 3.05) is 18.0 Å². The maximum Gasteiger partial charge on any atom is 0.309 e. The summed E-state index contributed by atoms with van der Waals surface area (Å²) in [6.07, 6.45) is 9.72. The molecule has 4 aromatic rings. The van der Waals surface area contributed by atoms with E-state index in [2.05, 4.69) is 44.4 Å². The highest BCUT2D eigenvalue weighted by molar-refractivity contribution is 5.94. The number of nitrogens with zero attached hydrogens (tertiary/aromatic N) is 6. The first-order valence-corrected chi connectivity index (χ1v) is 15.6. The Kier molecular flexibility index (Phi) is 9.11. The smallest absolute Gasteiger partial charge is 0.309 e. The molecule has 0 radical (unpaired) electrons. The van der Waals surface area contributed by atoms with Crippen molar-refractivity contribution in [1.29, 1.82) is 0 Å². The Balaban J connectivity index is 1.49. The van der Waals surface area contributed by atoms with Crippen LogP contribution in [-0.2, 0) is 11.3 Å². The molecule has 9 nitrogen and oxygen atoms in total. The number of aliphatic hydroxyl groups excluding tert-OH is 1. The third kappa shape index (κ3) is 6.22. The predicted molar refractivity (Wildman–Crippen MR) is 180 cm³/mol. The Hall–Kier alpha value is -4.50. The number of rotatable bonds is 10. The van der Waals surface area contributed by atoms with E-state index in [-0.39, 0.29) is 5.92 Å². The van der Waals surface area contributed by atoms with Gasteiger partial charge in [0.1, 0.15) is 5.82 Å². The number of fused-ring (bicyclic) bond motifs is 1. The van der Waals surface area contributed by atoms with Gasteiger partial charge in [-0.05, 0) is 70.2 Å². The first-order chi connectivity index (χ1) is 21.5. The zero-order chi connectivity index (χ0) is 32.5. The first kappa shape index (κ1) is 31.9. The minimum Gasteiger partial charge on any atom is -0.481 e. The highest BCUT2D eigenvalue weighted by atomic mass is 16.4. The summed E-state index contributed by atoms with van der Waals surface area (Å²) in [6, 6.07) is 10.2. The number of hydrogen-bond donors (Lipinski definition) is 2. The van der Waals surface area contributed by atoms with Crippen LogP contribution in [0.2, 0.25) is 0 Å². The predicted octanol–water partition coefficient (Wildman–Crippen LogP) is 6.76. The Morgan fingerprint density at radius 3 is 2.49 bits per heavy atom. The molecule has 0 spiro atoms. The van der Waals surface area contributed by atoms with E-state index in [0.29, 0.717) is 32.5 Å². The van der Waals surface area contributed by atoms with E-state index in [0.717, 1.165) is 56.2 Å². The highest BCUT2D eigenvalue weighted by Crippen LogP contribution is 2.37. The summed E-state index contributed by atoms with van der Waals surface area (Å²) in [6.45, 7) is 17.6. The number of aliphatic hydroxyl groups is 1.